The second kappa shape index (κ2) is 10.1. The van der Waals surface area contributed by atoms with E-state index in [-0.39, 0.29) is 6.04 Å². The first kappa shape index (κ1) is 24.1. The number of anilines is 1. The van der Waals surface area contributed by atoms with Gasteiger partial charge in [0, 0.05) is 54.1 Å². The van der Waals surface area contributed by atoms with Gasteiger partial charge in [-0.1, -0.05) is 46.9 Å². The number of aromatic nitrogens is 1. The highest BCUT2D eigenvalue weighted by Crippen LogP contribution is 2.37. The molecule has 1 fully saturated rings. The highest BCUT2D eigenvalue weighted by Gasteiger charge is 2.34. The van der Waals surface area contributed by atoms with Crippen molar-refractivity contribution in [2.45, 2.75) is 18.6 Å². The third-order valence-electron chi connectivity index (χ3n) is 6.04. The van der Waals surface area contributed by atoms with Crippen molar-refractivity contribution >= 4 is 40.5 Å². The number of pyridine rings is 1. The first-order valence-corrected chi connectivity index (χ1v) is 11.8. The van der Waals surface area contributed by atoms with Crippen molar-refractivity contribution < 1.29 is 9.84 Å². The predicted octanol–water partition coefficient (Wildman–Crippen LogP) is 5.82. The minimum Gasteiger partial charge on any atom is -0.481 e. The average molecular weight is 507 g/mol. The zero-order valence-corrected chi connectivity index (χ0v) is 20.8. The quantitative estimate of drug-likeness (QED) is 0.456. The number of hydrogen-bond donors (Lipinski definition) is 1. The molecule has 1 N–H and O–H groups in total. The van der Waals surface area contributed by atoms with Gasteiger partial charge in [-0.15, -0.1) is 0 Å². The van der Waals surface area contributed by atoms with Crippen LogP contribution in [0.25, 0.3) is 0 Å². The lowest BCUT2D eigenvalue weighted by molar-refractivity contribution is 0.00997. The Kier molecular flexibility index (Phi) is 7.37. The van der Waals surface area contributed by atoms with Gasteiger partial charge in [-0.25, -0.2) is 4.98 Å². The molecule has 174 valence electrons. The Bertz CT molecular complexity index is 1090. The molecular formula is C25H26Cl3N3O2. The van der Waals surface area contributed by atoms with Gasteiger partial charge in [0.15, 0.2) is 0 Å². The van der Waals surface area contributed by atoms with Crippen molar-refractivity contribution in [1.82, 2.24) is 9.88 Å². The van der Waals surface area contributed by atoms with Crippen LogP contribution in [0, 0.1) is 0 Å². The number of methoxy groups -OCH3 is 1. The van der Waals surface area contributed by atoms with E-state index in [0.717, 1.165) is 29.9 Å². The highest BCUT2D eigenvalue weighted by atomic mass is 35.5. The summed E-state index contributed by atoms with van der Waals surface area (Å²) in [5.41, 5.74) is 1.74. The van der Waals surface area contributed by atoms with Crippen LogP contribution < -0.4 is 9.64 Å². The minimum atomic E-state index is -1.07. The van der Waals surface area contributed by atoms with E-state index in [0.29, 0.717) is 34.0 Å². The molecule has 2 aromatic carbocycles. The van der Waals surface area contributed by atoms with Crippen molar-refractivity contribution in [2.75, 3.05) is 38.2 Å². The van der Waals surface area contributed by atoms with E-state index in [1.165, 1.54) is 0 Å². The number of hydrogen-bond acceptors (Lipinski definition) is 5. The summed E-state index contributed by atoms with van der Waals surface area (Å²) in [4.78, 5) is 8.81. The van der Waals surface area contributed by atoms with Gasteiger partial charge in [0.05, 0.1) is 23.9 Å². The molecular weight excluding hydrogens is 481 g/mol. The highest BCUT2D eigenvalue weighted by molar-refractivity contribution is 6.36. The van der Waals surface area contributed by atoms with Gasteiger partial charge in [-0.05, 0) is 48.9 Å². The molecule has 4 rings (SSSR count). The van der Waals surface area contributed by atoms with Crippen LogP contribution in [0.4, 0.5) is 5.69 Å². The SMILES string of the molecule is COc1ccc([C@](C)(O)CN2CCN(c3ccc(Cl)cc3Cl)[C@H](c3ccc(Cl)cc3)C2)cn1. The average Bonchev–Trinajstić information content (AvgIpc) is 2.80. The van der Waals surface area contributed by atoms with Gasteiger partial charge in [0.1, 0.15) is 5.60 Å². The van der Waals surface area contributed by atoms with E-state index in [9.17, 15) is 5.11 Å². The maximum absolute atomic E-state index is 11.3. The normalized spacial score (nSPS) is 18.7. The van der Waals surface area contributed by atoms with E-state index in [1.54, 1.807) is 25.4 Å². The number of β-amino-alcohol motifs (C(OH)–C–C–N with tert-alkyl or cyclic N) is 1. The number of ether oxygens (including phenoxy) is 1. The Balaban J connectivity index is 1.59. The number of aliphatic hydroxyl groups is 1. The molecule has 0 bridgehead atoms. The van der Waals surface area contributed by atoms with E-state index >= 15 is 0 Å². The lowest BCUT2D eigenvalue weighted by atomic mass is 9.95. The summed E-state index contributed by atoms with van der Waals surface area (Å²) in [7, 11) is 1.57. The molecule has 1 aromatic heterocycles. The van der Waals surface area contributed by atoms with Gasteiger partial charge >= 0.3 is 0 Å². The maximum Gasteiger partial charge on any atom is 0.212 e. The summed E-state index contributed by atoms with van der Waals surface area (Å²) < 4.78 is 5.14. The summed E-state index contributed by atoms with van der Waals surface area (Å²) in [6.45, 7) is 4.50. The molecule has 0 spiro atoms. The van der Waals surface area contributed by atoms with E-state index in [1.807, 2.05) is 49.4 Å². The van der Waals surface area contributed by atoms with Gasteiger partial charge in [0.25, 0.3) is 0 Å². The molecule has 1 saturated heterocycles. The minimum absolute atomic E-state index is 0.0273. The molecule has 1 aliphatic rings. The van der Waals surface area contributed by atoms with Crippen molar-refractivity contribution in [2.24, 2.45) is 0 Å². The smallest absolute Gasteiger partial charge is 0.212 e. The maximum atomic E-state index is 11.3. The second-order valence-electron chi connectivity index (χ2n) is 8.45. The molecule has 2 heterocycles. The van der Waals surface area contributed by atoms with Crippen LogP contribution in [-0.4, -0.2) is 48.3 Å². The number of rotatable bonds is 6. The van der Waals surface area contributed by atoms with Crippen molar-refractivity contribution in [3.8, 4) is 5.88 Å². The molecule has 0 radical (unpaired) electrons. The Morgan fingerprint density at radius 2 is 1.76 bits per heavy atom. The molecule has 1 aliphatic heterocycles. The van der Waals surface area contributed by atoms with Gasteiger partial charge in [-0.2, -0.15) is 0 Å². The molecule has 2 atom stereocenters. The Morgan fingerprint density at radius 3 is 2.39 bits per heavy atom. The molecule has 5 nitrogen and oxygen atoms in total. The molecule has 0 aliphatic carbocycles. The van der Waals surface area contributed by atoms with Crippen LogP contribution in [0.3, 0.4) is 0 Å². The van der Waals surface area contributed by atoms with Crippen molar-refractivity contribution in [3.05, 3.63) is 87.0 Å². The fourth-order valence-electron chi connectivity index (χ4n) is 4.30. The fourth-order valence-corrected chi connectivity index (χ4v) is 4.95. The fraction of sp³-hybridized carbons (Fsp3) is 0.320. The lowest BCUT2D eigenvalue weighted by Gasteiger charge is -2.45. The largest absolute Gasteiger partial charge is 0.481 e. The Labute approximate surface area is 209 Å². The number of piperazine rings is 1. The summed E-state index contributed by atoms with van der Waals surface area (Å²) >= 11 is 18.8. The third-order valence-corrected chi connectivity index (χ3v) is 6.83. The summed E-state index contributed by atoms with van der Waals surface area (Å²) in [5.74, 6) is 0.519. The second-order valence-corrected chi connectivity index (χ2v) is 9.73. The molecule has 0 amide bonds. The van der Waals surface area contributed by atoms with Crippen molar-refractivity contribution in [1.29, 1.82) is 0 Å². The van der Waals surface area contributed by atoms with Crippen molar-refractivity contribution in [3.63, 3.8) is 0 Å². The standard InChI is InChI=1S/C25H26Cl3N3O2/c1-25(32,18-5-10-24(33-2)29-14-18)16-30-11-12-31(22-9-8-20(27)13-21(22)28)23(15-30)17-3-6-19(26)7-4-17/h3-10,13-14,23,32H,11-12,15-16H2,1-2H3/t23-,25+/m0/s1. The molecule has 3 aromatic rings. The Hall–Kier alpha value is -2.02. The molecule has 0 saturated carbocycles. The lowest BCUT2D eigenvalue weighted by Crippen LogP contribution is -2.52. The van der Waals surface area contributed by atoms with Crippen LogP contribution >= 0.6 is 34.8 Å². The number of halogens is 3. The molecule has 8 heteroatoms. The van der Waals surface area contributed by atoms with Crippen LogP contribution in [0.15, 0.2) is 60.8 Å². The van der Waals surface area contributed by atoms with Gasteiger partial charge in [0.2, 0.25) is 5.88 Å². The summed E-state index contributed by atoms with van der Waals surface area (Å²) in [6.07, 6.45) is 1.67. The zero-order chi connectivity index (χ0) is 23.6. The molecule has 33 heavy (non-hydrogen) atoms. The van der Waals surface area contributed by atoms with Crippen LogP contribution in [0.5, 0.6) is 5.88 Å². The van der Waals surface area contributed by atoms with Crippen LogP contribution in [0.1, 0.15) is 24.1 Å². The Morgan fingerprint density at radius 1 is 1.03 bits per heavy atom. The monoisotopic (exact) mass is 505 g/mol. The topological polar surface area (TPSA) is 48.8 Å². The van der Waals surface area contributed by atoms with Crippen LogP contribution in [0.2, 0.25) is 15.1 Å². The van der Waals surface area contributed by atoms with E-state index in [2.05, 4.69) is 14.8 Å². The van der Waals surface area contributed by atoms with Gasteiger partial charge < -0.3 is 14.7 Å². The molecule has 0 unspecified atom stereocenters. The first-order chi connectivity index (χ1) is 15.8. The van der Waals surface area contributed by atoms with E-state index in [4.69, 9.17) is 39.5 Å². The van der Waals surface area contributed by atoms with Gasteiger partial charge in [-0.3, -0.25) is 4.90 Å². The van der Waals surface area contributed by atoms with E-state index < -0.39 is 5.60 Å². The predicted molar refractivity (Wildman–Crippen MR) is 135 cm³/mol. The third kappa shape index (κ3) is 5.56. The number of benzene rings is 2. The van der Waals surface area contributed by atoms with Crippen LogP contribution in [-0.2, 0) is 5.60 Å². The number of nitrogens with zero attached hydrogens (tertiary/aromatic N) is 3. The summed E-state index contributed by atoms with van der Waals surface area (Å²) in [6, 6.07) is 17.1. The first-order valence-electron chi connectivity index (χ1n) is 10.7. The summed E-state index contributed by atoms with van der Waals surface area (Å²) in [5, 5.41) is 13.2. The zero-order valence-electron chi connectivity index (χ0n) is 18.5.